The number of aromatic nitrogens is 2. The molecule has 26 heavy (non-hydrogen) atoms. The fourth-order valence-corrected chi connectivity index (χ4v) is 2.89. The topological polar surface area (TPSA) is 102 Å². The highest BCUT2D eigenvalue weighted by Gasteiger charge is 2.31. The van der Waals surface area contributed by atoms with Crippen molar-refractivity contribution >= 4 is 22.9 Å². The Morgan fingerprint density at radius 3 is 2.73 bits per heavy atom. The molecule has 0 bridgehead atoms. The van der Waals surface area contributed by atoms with E-state index in [2.05, 4.69) is 10.3 Å². The lowest BCUT2D eigenvalue weighted by atomic mass is 10.0. The number of rotatable bonds is 3. The van der Waals surface area contributed by atoms with Crippen molar-refractivity contribution in [3.8, 4) is 5.69 Å². The number of ketones is 1. The Hall–Kier alpha value is -3.74. The van der Waals surface area contributed by atoms with Crippen LogP contribution in [-0.4, -0.2) is 17.0 Å². The summed E-state index contributed by atoms with van der Waals surface area (Å²) in [4.78, 5) is 28.8. The minimum absolute atomic E-state index is 0.155. The largest absolute Gasteiger partial charge is 0.858 e. The summed E-state index contributed by atoms with van der Waals surface area (Å²) in [6.07, 6.45) is 1.13. The number of benzene rings is 2. The zero-order chi connectivity index (χ0) is 18.3. The van der Waals surface area contributed by atoms with Gasteiger partial charge >= 0.3 is 11.3 Å². The number of H-pyrrole nitrogens is 1. The molecule has 128 valence electrons. The highest BCUT2D eigenvalue weighted by Crippen LogP contribution is 2.32. The number of allylic oxidation sites excluding steroid dienone is 1. The SMILES string of the molecule is Cc1ccccc1-[n+]1[nH]oc(=O)c1C(=O)/C=C1/C([O-])=Nc2ccccc21. The van der Waals surface area contributed by atoms with Gasteiger partial charge in [0.1, 0.15) is 0 Å². The average molecular weight is 347 g/mol. The van der Waals surface area contributed by atoms with Crippen molar-refractivity contribution in [3.05, 3.63) is 81.8 Å². The summed E-state index contributed by atoms with van der Waals surface area (Å²) in [6, 6.07) is 14.1. The average Bonchev–Trinajstić information content (AvgIpc) is 3.16. The molecular formula is C19H13N3O4. The molecule has 0 fully saturated rings. The number of fused-ring (bicyclic) bond motifs is 1. The first-order valence-corrected chi connectivity index (χ1v) is 7.87. The number of hydrogen-bond acceptors (Lipinski definition) is 5. The summed E-state index contributed by atoms with van der Waals surface area (Å²) in [5.74, 6) is -1.15. The van der Waals surface area contributed by atoms with Crippen LogP contribution in [0.2, 0.25) is 0 Å². The van der Waals surface area contributed by atoms with E-state index >= 15 is 0 Å². The lowest BCUT2D eigenvalue weighted by Crippen LogP contribution is -2.41. The van der Waals surface area contributed by atoms with Crippen LogP contribution in [0.5, 0.6) is 0 Å². The molecule has 0 aliphatic carbocycles. The molecule has 4 rings (SSSR count). The maximum Gasteiger partial charge on any atom is 0.439 e. The van der Waals surface area contributed by atoms with Crippen molar-refractivity contribution in [2.24, 2.45) is 4.99 Å². The van der Waals surface area contributed by atoms with Crippen LogP contribution in [0.25, 0.3) is 11.3 Å². The Morgan fingerprint density at radius 2 is 1.92 bits per heavy atom. The molecule has 0 spiro atoms. The highest BCUT2D eigenvalue weighted by atomic mass is 16.5. The van der Waals surface area contributed by atoms with E-state index < -0.39 is 17.3 Å². The molecule has 0 unspecified atom stereocenters. The highest BCUT2D eigenvalue weighted by molar-refractivity contribution is 6.28. The van der Waals surface area contributed by atoms with Crippen LogP contribution < -0.4 is 15.4 Å². The number of nitrogens with one attached hydrogen (secondary N) is 1. The standard InChI is InChI=1S/C19H13N3O4/c1-11-6-2-5-9-15(11)22-17(19(25)26-21-22)16(23)10-13-12-7-3-4-8-14(12)20-18(13)24/h2-10H,1H3,(H-,20,21,23,24,25). The van der Waals surface area contributed by atoms with Gasteiger partial charge in [-0.2, -0.15) is 0 Å². The van der Waals surface area contributed by atoms with Gasteiger partial charge in [0.15, 0.2) is 0 Å². The number of carbonyl (C=O) groups excluding carboxylic acids is 1. The Morgan fingerprint density at radius 1 is 1.19 bits per heavy atom. The smallest absolute Gasteiger partial charge is 0.439 e. The van der Waals surface area contributed by atoms with E-state index in [1.54, 1.807) is 36.4 Å². The van der Waals surface area contributed by atoms with Gasteiger partial charge in [0.05, 0.1) is 5.69 Å². The molecule has 3 aromatic rings. The van der Waals surface area contributed by atoms with Gasteiger partial charge in [-0.3, -0.25) is 14.3 Å². The molecule has 0 saturated carbocycles. The first kappa shape index (κ1) is 15.8. The minimum Gasteiger partial charge on any atom is -0.858 e. The summed E-state index contributed by atoms with van der Waals surface area (Å²) in [5.41, 5.74) is 1.63. The number of aliphatic imine (C=N–C) groups is 1. The van der Waals surface area contributed by atoms with Crippen molar-refractivity contribution < 1.29 is 19.1 Å². The summed E-state index contributed by atoms with van der Waals surface area (Å²) in [7, 11) is 0. The second-order valence-electron chi connectivity index (χ2n) is 5.81. The molecule has 0 saturated heterocycles. The Balaban J connectivity index is 1.82. The van der Waals surface area contributed by atoms with Crippen molar-refractivity contribution in [1.82, 2.24) is 5.27 Å². The maximum absolute atomic E-state index is 12.8. The number of carbonyl (C=O) groups is 1. The molecule has 2 aromatic carbocycles. The van der Waals surface area contributed by atoms with E-state index in [0.29, 0.717) is 16.9 Å². The Bertz CT molecular complexity index is 1150. The van der Waals surface area contributed by atoms with Crippen LogP contribution in [0, 0.1) is 6.92 Å². The third-order valence-corrected chi connectivity index (χ3v) is 4.16. The molecule has 2 heterocycles. The molecule has 1 aliphatic rings. The molecule has 0 atom stereocenters. The van der Waals surface area contributed by atoms with Gasteiger partial charge < -0.3 is 5.11 Å². The first-order chi connectivity index (χ1) is 12.6. The van der Waals surface area contributed by atoms with Crippen LogP contribution >= 0.6 is 0 Å². The van der Waals surface area contributed by atoms with Crippen LogP contribution in [0.15, 0.2) is 68.9 Å². The van der Waals surface area contributed by atoms with E-state index in [1.807, 2.05) is 19.1 Å². The van der Waals surface area contributed by atoms with Crippen molar-refractivity contribution in [1.29, 1.82) is 0 Å². The second kappa shape index (κ2) is 5.96. The molecule has 1 N–H and O–H groups in total. The fraction of sp³-hybridized carbons (Fsp3) is 0.0526. The number of nitrogens with zero attached hydrogens (tertiary/aromatic N) is 2. The van der Waals surface area contributed by atoms with E-state index in [0.717, 1.165) is 11.6 Å². The first-order valence-electron chi connectivity index (χ1n) is 7.87. The van der Waals surface area contributed by atoms with Gasteiger partial charge in [-0.05, 0) is 34.4 Å². The number of aryl methyl sites for hydroxylation is 1. The Kier molecular flexibility index (Phi) is 3.62. The maximum atomic E-state index is 12.8. The monoisotopic (exact) mass is 347 g/mol. The third-order valence-electron chi connectivity index (χ3n) is 4.16. The zero-order valence-corrected chi connectivity index (χ0v) is 13.7. The van der Waals surface area contributed by atoms with Crippen molar-refractivity contribution in [3.63, 3.8) is 0 Å². The minimum atomic E-state index is -0.814. The summed E-state index contributed by atoms with van der Waals surface area (Å²) in [5, 5.41) is 14.6. The lowest BCUT2D eigenvalue weighted by molar-refractivity contribution is -0.672. The summed E-state index contributed by atoms with van der Waals surface area (Å²) in [6.45, 7) is 1.84. The van der Waals surface area contributed by atoms with Crippen LogP contribution in [0.4, 0.5) is 5.69 Å². The van der Waals surface area contributed by atoms with Gasteiger partial charge in [-0.1, -0.05) is 36.4 Å². The second-order valence-corrected chi connectivity index (χ2v) is 5.81. The summed E-state index contributed by atoms with van der Waals surface area (Å²) < 4.78 is 6.09. The predicted octanol–water partition coefficient (Wildman–Crippen LogP) is 1.22. The van der Waals surface area contributed by atoms with Gasteiger partial charge in [-0.25, -0.2) is 4.79 Å². The Labute approximate surface area is 147 Å². The van der Waals surface area contributed by atoms with Gasteiger partial charge in [0.2, 0.25) is 5.69 Å². The van der Waals surface area contributed by atoms with Crippen molar-refractivity contribution in [2.45, 2.75) is 6.92 Å². The van der Waals surface area contributed by atoms with Crippen molar-refractivity contribution in [2.75, 3.05) is 0 Å². The predicted molar refractivity (Wildman–Crippen MR) is 91.4 cm³/mol. The fourth-order valence-electron chi connectivity index (χ4n) is 2.89. The van der Waals surface area contributed by atoms with E-state index in [9.17, 15) is 14.7 Å². The van der Waals surface area contributed by atoms with E-state index in [-0.39, 0.29) is 11.3 Å². The molecule has 0 amide bonds. The van der Waals surface area contributed by atoms with Crippen LogP contribution in [-0.2, 0) is 0 Å². The van der Waals surface area contributed by atoms with Gasteiger partial charge in [-0.15, -0.1) is 0 Å². The van der Waals surface area contributed by atoms with E-state index in [1.165, 1.54) is 4.68 Å². The van der Waals surface area contributed by atoms with Crippen LogP contribution in [0.3, 0.4) is 0 Å². The third kappa shape index (κ3) is 2.46. The quantitative estimate of drug-likeness (QED) is 0.437. The normalized spacial score (nSPS) is 14.3. The van der Waals surface area contributed by atoms with Gasteiger partial charge in [0, 0.05) is 23.3 Å². The molecule has 1 aliphatic heterocycles. The summed E-state index contributed by atoms with van der Waals surface area (Å²) >= 11 is 0. The molecule has 7 heteroatoms. The lowest BCUT2D eigenvalue weighted by Gasteiger charge is -2.06. The number of para-hydroxylation sites is 2. The molecular weight excluding hydrogens is 334 g/mol. The molecule has 0 radical (unpaired) electrons. The number of aromatic amines is 1. The molecule has 1 aromatic heterocycles. The number of hydrogen-bond donors (Lipinski definition) is 1. The van der Waals surface area contributed by atoms with E-state index in [4.69, 9.17) is 4.52 Å². The van der Waals surface area contributed by atoms with Gasteiger partial charge in [0.25, 0.3) is 5.78 Å². The zero-order valence-electron chi connectivity index (χ0n) is 13.7. The van der Waals surface area contributed by atoms with Crippen LogP contribution in [0.1, 0.15) is 21.6 Å². The molecule has 7 nitrogen and oxygen atoms in total.